The Morgan fingerprint density at radius 1 is 0.917 bits per heavy atom. The van der Waals surface area contributed by atoms with Gasteiger partial charge in [0, 0.05) is 0 Å². The summed E-state index contributed by atoms with van der Waals surface area (Å²) in [5, 5.41) is 12.5. The van der Waals surface area contributed by atoms with E-state index in [1.807, 2.05) is 37.3 Å². The number of nitriles is 1. The van der Waals surface area contributed by atoms with E-state index in [-0.39, 0.29) is 38.0 Å². The van der Waals surface area contributed by atoms with E-state index in [4.69, 9.17) is 23.7 Å². The number of carbonyl (C=O) groups excluding carboxylic acids is 3. The van der Waals surface area contributed by atoms with Crippen LogP contribution < -0.4 is 10.1 Å². The molecule has 1 aromatic carbocycles. The van der Waals surface area contributed by atoms with Gasteiger partial charge in [-0.2, -0.15) is 5.26 Å². The van der Waals surface area contributed by atoms with Crippen molar-refractivity contribution < 1.29 is 38.1 Å². The molecule has 0 aliphatic carbocycles. The third-order valence-corrected chi connectivity index (χ3v) is 6.56. The van der Waals surface area contributed by atoms with Crippen LogP contribution in [0.4, 0.5) is 9.59 Å². The number of halogens is 1. The maximum absolute atomic E-state index is 12.9. The number of hydrogen-bond acceptors (Lipinski definition) is 10. The Labute approximate surface area is 291 Å². The van der Waals surface area contributed by atoms with E-state index < -0.39 is 29.3 Å². The fourth-order valence-corrected chi connectivity index (χ4v) is 4.39. The van der Waals surface area contributed by atoms with Crippen LogP contribution in [0.15, 0.2) is 52.6 Å². The summed E-state index contributed by atoms with van der Waals surface area (Å²) in [6, 6.07) is 14.4. The van der Waals surface area contributed by atoms with Gasteiger partial charge in [0.05, 0.1) is 44.7 Å². The van der Waals surface area contributed by atoms with Gasteiger partial charge in [0.25, 0.3) is 5.91 Å². The summed E-state index contributed by atoms with van der Waals surface area (Å²) in [5.74, 6) is 0.172. The number of pyridine rings is 1. The molecule has 2 aromatic rings. The molecule has 0 aliphatic heterocycles. The minimum atomic E-state index is -0.803. The van der Waals surface area contributed by atoms with E-state index in [0.29, 0.717) is 35.7 Å². The summed E-state index contributed by atoms with van der Waals surface area (Å²) in [6.07, 6.45) is 1.37. The molecule has 0 radical (unpaired) electrons. The monoisotopic (exact) mass is 730 g/mol. The van der Waals surface area contributed by atoms with Crippen LogP contribution in [0.3, 0.4) is 0 Å². The lowest BCUT2D eigenvalue weighted by molar-refractivity contribution is -0.117. The molecule has 3 amide bonds. The Morgan fingerprint density at radius 2 is 1.50 bits per heavy atom. The Kier molecular flexibility index (Phi) is 16.5. The first-order chi connectivity index (χ1) is 22.6. The van der Waals surface area contributed by atoms with Crippen molar-refractivity contribution in [1.29, 1.82) is 5.26 Å². The van der Waals surface area contributed by atoms with Gasteiger partial charge in [0.2, 0.25) is 0 Å². The molecular weight excluding hydrogens is 684 g/mol. The van der Waals surface area contributed by atoms with Crippen LogP contribution in [0, 0.1) is 11.3 Å². The minimum absolute atomic E-state index is 0.0318. The molecule has 0 fully saturated rings. The lowest BCUT2D eigenvalue weighted by Crippen LogP contribution is -2.45. The first-order valence-electron chi connectivity index (χ1n) is 15.8. The topological polar surface area (TPSA) is 149 Å². The third kappa shape index (κ3) is 15.7. The van der Waals surface area contributed by atoms with Crippen molar-refractivity contribution in [1.82, 2.24) is 15.2 Å². The number of ether oxygens (including phenoxy) is 5. The second-order valence-corrected chi connectivity index (χ2v) is 13.4. The first kappa shape index (κ1) is 40.2. The number of amides is 3. The van der Waals surface area contributed by atoms with Gasteiger partial charge in [0.1, 0.15) is 39.8 Å². The van der Waals surface area contributed by atoms with E-state index in [1.165, 1.54) is 6.08 Å². The van der Waals surface area contributed by atoms with E-state index in [0.717, 1.165) is 16.9 Å². The van der Waals surface area contributed by atoms with Crippen LogP contribution in [0.2, 0.25) is 0 Å². The van der Waals surface area contributed by atoms with Gasteiger partial charge in [-0.3, -0.25) is 4.79 Å². The Morgan fingerprint density at radius 3 is 2.04 bits per heavy atom. The highest BCUT2D eigenvalue weighted by Crippen LogP contribution is 2.23. The summed E-state index contributed by atoms with van der Waals surface area (Å²) in [6.45, 7) is 13.5. The lowest BCUT2D eigenvalue weighted by atomic mass is 10.0. The fraction of sp³-hybridized carbons (Fsp3) is 0.514. The van der Waals surface area contributed by atoms with Crippen molar-refractivity contribution in [2.45, 2.75) is 78.6 Å². The second-order valence-electron chi connectivity index (χ2n) is 12.6. The van der Waals surface area contributed by atoms with Crippen molar-refractivity contribution in [3.05, 3.63) is 63.9 Å². The number of nitrogens with zero attached hydrogens (tertiary/aromatic N) is 3. The highest BCUT2D eigenvalue weighted by Gasteiger charge is 2.31. The molecule has 0 saturated heterocycles. The molecule has 0 spiro atoms. The minimum Gasteiger partial charge on any atom is -0.491 e. The molecule has 0 bridgehead atoms. The van der Waals surface area contributed by atoms with Crippen LogP contribution >= 0.6 is 15.9 Å². The number of hydrogen-bond donors (Lipinski definition) is 1. The zero-order valence-electron chi connectivity index (χ0n) is 28.8. The van der Waals surface area contributed by atoms with Gasteiger partial charge in [-0.05, 0) is 99.8 Å². The smallest absolute Gasteiger partial charge is 0.419 e. The molecule has 1 heterocycles. The molecule has 1 aromatic heterocycles. The van der Waals surface area contributed by atoms with Gasteiger partial charge in [-0.15, -0.1) is 0 Å². The summed E-state index contributed by atoms with van der Waals surface area (Å²) in [4.78, 5) is 43.2. The standard InChI is InChI=1S/C35H47BrN4O8/c1-8-10-29(39-31(41)26(24-37)23-27-11-9-12-30(36)38-27)25-13-15-28(16-14-25)46-22-21-45-20-19-44-18-17-40(32(42)47-34(2,3)4)33(43)48-35(5,6)7/h9,11-16,23,29H,8,10,17-22H2,1-7H3,(H,39,41). The predicted octanol–water partition coefficient (Wildman–Crippen LogP) is 6.99. The lowest BCUT2D eigenvalue weighted by Gasteiger charge is -2.28. The Hall–Kier alpha value is -3.99. The van der Waals surface area contributed by atoms with Gasteiger partial charge < -0.3 is 29.0 Å². The van der Waals surface area contributed by atoms with Gasteiger partial charge in [0.15, 0.2) is 0 Å². The zero-order chi connectivity index (χ0) is 35.7. The number of aromatic nitrogens is 1. The summed E-state index contributed by atoms with van der Waals surface area (Å²) in [5.41, 5.74) is -0.184. The van der Waals surface area contributed by atoms with Crippen molar-refractivity contribution in [3.8, 4) is 11.8 Å². The molecule has 2 rings (SSSR count). The quantitative estimate of drug-likeness (QED) is 0.0829. The molecule has 262 valence electrons. The molecule has 1 atom stereocenters. The number of carbonyl (C=O) groups is 3. The van der Waals surface area contributed by atoms with Crippen LogP contribution in [0.1, 0.15) is 78.6 Å². The van der Waals surface area contributed by atoms with Crippen LogP contribution in [-0.2, 0) is 23.7 Å². The average Bonchev–Trinajstić information content (AvgIpc) is 2.99. The molecular formula is C35H47BrN4O8. The zero-order valence-corrected chi connectivity index (χ0v) is 30.4. The molecule has 12 nitrogen and oxygen atoms in total. The van der Waals surface area contributed by atoms with Crippen LogP contribution in [0.25, 0.3) is 6.08 Å². The number of benzene rings is 1. The maximum Gasteiger partial charge on any atom is 0.419 e. The van der Waals surface area contributed by atoms with Crippen molar-refractivity contribution in [3.63, 3.8) is 0 Å². The van der Waals surface area contributed by atoms with Gasteiger partial charge in [-0.25, -0.2) is 19.5 Å². The predicted molar refractivity (Wildman–Crippen MR) is 184 cm³/mol. The summed E-state index contributed by atoms with van der Waals surface area (Å²) < 4.78 is 28.2. The number of imide groups is 1. The summed E-state index contributed by atoms with van der Waals surface area (Å²) in [7, 11) is 0. The molecule has 0 saturated carbocycles. The van der Waals surface area contributed by atoms with Crippen molar-refractivity contribution in [2.24, 2.45) is 0 Å². The average molecular weight is 732 g/mol. The fourth-order valence-electron chi connectivity index (χ4n) is 4.03. The normalized spacial score (nSPS) is 12.4. The largest absolute Gasteiger partial charge is 0.491 e. The van der Waals surface area contributed by atoms with Crippen molar-refractivity contribution in [2.75, 3.05) is 39.6 Å². The number of rotatable bonds is 16. The van der Waals surface area contributed by atoms with Crippen LogP contribution in [-0.4, -0.2) is 78.8 Å². The molecule has 48 heavy (non-hydrogen) atoms. The maximum atomic E-state index is 12.9. The van der Waals surface area contributed by atoms with Gasteiger partial charge in [-0.1, -0.05) is 31.5 Å². The second kappa shape index (κ2) is 19.7. The van der Waals surface area contributed by atoms with Gasteiger partial charge >= 0.3 is 12.2 Å². The number of nitrogens with one attached hydrogen (secondary N) is 1. The Balaban J connectivity index is 1.77. The SMILES string of the molecule is CCCC(NC(=O)C(C#N)=Cc1cccc(Br)n1)c1ccc(OCCOCCOCCN(C(=O)OC(C)(C)C)C(=O)OC(C)(C)C)cc1. The Bertz CT molecular complexity index is 1380. The molecule has 13 heteroatoms. The third-order valence-electron chi connectivity index (χ3n) is 6.11. The van der Waals surface area contributed by atoms with E-state index in [1.54, 1.807) is 59.7 Å². The highest BCUT2D eigenvalue weighted by atomic mass is 79.9. The highest BCUT2D eigenvalue weighted by molar-refractivity contribution is 9.10. The van der Waals surface area contributed by atoms with Crippen LogP contribution in [0.5, 0.6) is 5.75 Å². The van der Waals surface area contributed by atoms with Crippen molar-refractivity contribution >= 4 is 40.1 Å². The molecule has 1 unspecified atom stereocenters. The molecule has 0 aliphatic rings. The van der Waals surface area contributed by atoms with E-state index in [2.05, 4.69) is 26.2 Å². The summed E-state index contributed by atoms with van der Waals surface area (Å²) >= 11 is 3.30. The van der Waals surface area contributed by atoms with E-state index in [9.17, 15) is 19.6 Å². The van der Waals surface area contributed by atoms with E-state index >= 15 is 0 Å². The first-order valence-corrected chi connectivity index (χ1v) is 16.6. The molecule has 1 N–H and O–H groups in total.